The molecule has 0 bridgehead atoms. The van der Waals surface area contributed by atoms with Crippen LogP contribution in [0.2, 0.25) is 0 Å². The number of rotatable bonds is 7. The number of aliphatic imine (C=N–C) groups is 1. The van der Waals surface area contributed by atoms with Crippen LogP contribution in [0.1, 0.15) is 56.6 Å². The van der Waals surface area contributed by atoms with Gasteiger partial charge in [-0.1, -0.05) is 37.6 Å². The summed E-state index contributed by atoms with van der Waals surface area (Å²) in [7, 11) is 1.82. The number of benzene rings is 1. The molecule has 150 valence electrons. The van der Waals surface area contributed by atoms with E-state index in [2.05, 4.69) is 40.7 Å². The molecular weight excluding hydrogens is 451 g/mol. The number of hydrogen-bond acceptors (Lipinski definition) is 2. The Kier molecular flexibility index (Phi) is 8.38. The number of halogens is 1. The van der Waals surface area contributed by atoms with E-state index in [1.54, 1.807) is 0 Å². The zero-order valence-electron chi connectivity index (χ0n) is 16.6. The van der Waals surface area contributed by atoms with Crippen molar-refractivity contribution in [2.24, 2.45) is 10.4 Å². The first-order valence-corrected chi connectivity index (χ1v) is 9.95. The summed E-state index contributed by atoms with van der Waals surface area (Å²) in [5.41, 5.74) is 2.91. The number of carbonyl (C=O) groups is 1. The zero-order valence-corrected chi connectivity index (χ0v) is 18.9. The molecule has 0 spiro atoms. The number of amides is 1. The monoisotopic (exact) mass is 484 g/mol. The predicted octanol–water partition coefficient (Wildman–Crippen LogP) is 3.67. The third kappa shape index (κ3) is 5.59. The van der Waals surface area contributed by atoms with E-state index in [4.69, 9.17) is 0 Å². The molecule has 1 saturated heterocycles. The van der Waals surface area contributed by atoms with Gasteiger partial charge in [0.25, 0.3) is 0 Å². The fourth-order valence-electron chi connectivity index (χ4n) is 3.96. The standard InChI is InChI=1S/C21H32N4O.HI/c1-3-21(11-7-12-21)16-24-20(22-2)23-14-17-8-4-5-9-18(17)15-25-13-6-10-19(25)26;/h4-5,8-9H,3,6-7,10-16H2,1-2H3,(H2,22,23,24);1H. The number of carbonyl (C=O) groups excluding carboxylic acids is 1. The summed E-state index contributed by atoms with van der Waals surface area (Å²) < 4.78 is 0. The number of hydrogen-bond donors (Lipinski definition) is 2. The van der Waals surface area contributed by atoms with Crippen LogP contribution in [0, 0.1) is 5.41 Å². The Morgan fingerprint density at radius 1 is 1.19 bits per heavy atom. The molecule has 3 rings (SSSR count). The Morgan fingerprint density at radius 2 is 1.93 bits per heavy atom. The molecule has 0 radical (unpaired) electrons. The fraction of sp³-hybridized carbons (Fsp3) is 0.619. The second-order valence-corrected chi connectivity index (χ2v) is 7.67. The molecular formula is C21H33IN4O. The summed E-state index contributed by atoms with van der Waals surface area (Å²) in [6.07, 6.45) is 6.89. The highest BCUT2D eigenvalue weighted by molar-refractivity contribution is 14.0. The van der Waals surface area contributed by atoms with Gasteiger partial charge in [-0.2, -0.15) is 0 Å². The Labute approximate surface area is 180 Å². The lowest BCUT2D eigenvalue weighted by Crippen LogP contribution is -2.46. The van der Waals surface area contributed by atoms with Crippen molar-refractivity contribution in [2.75, 3.05) is 20.1 Å². The normalized spacial score (nSPS) is 18.7. The summed E-state index contributed by atoms with van der Waals surface area (Å²) >= 11 is 0. The summed E-state index contributed by atoms with van der Waals surface area (Å²) in [6, 6.07) is 8.37. The van der Waals surface area contributed by atoms with Crippen molar-refractivity contribution in [3.05, 3.63) is 35.4 Å². The number of guanidine groups is 1. The molecule has 1 aliphatic carbocycles. The van der Waals surface area contributed by atoms with Gasteiger partial charge in [0.2, 0.25) is 5.91 Å². The molecule has 1 heterocycles. The number of nitrogens with one attached hydrogen (secondary N) is 2. The van der Waals surface area contributed by atoms with Crippen LogP contribution < -0.4 is 10.6 Å². The Balaban J connectivity index is 0.00000261. The minimum atomic E-state index is 0. The van der Waals surface area contributed by atoms with Crippen molar-refractivity contribution >= 4 is 35.8 Å². The smallest absolute Gasteiger partial charge is 0.222 e. The van der Waals surface area contributed by atoms with Gasteiger partial charge < -0.3 is 15.5 Å². The third-order valence-corrected chi connectivity index (χ3v) is 6.12. The summed E-state index contributed by atoms with van der Waals surface area (Å²) in [5.74, 6) is 1.13. The van der Waals surface area contributed by atoms with Crippen LogP contribution in [-0.2, 0) is 17.9 Å². The second-order valence-electron chi connectivity index (χ2n) is 7.67. The number of likely N-dealkylation sites (tertiary alicyclic amines) is 1. The van der Waals surface area contributed by atoms with E-state index in [9.17, 15) is 4.79 Å². The molecule has 2 fully saturated rings. The van der Waals surface area contributed by atoms with E-state index >= 15 is 0 Å². The lowest BCUT2D eigenvalue weighted by atomic mass is 9.67. The Morgan fingerprint density at radius 3 is 2.48 bits per heavy atom. The minimum Gasteiger partial charge on any atom is -0.356 e. The molecule has 27 heavy (non-hydrogen) atoms. The van der Waals surface area contributed by atoms with Gasteiger partial charge in [-0.15, -0.1) is 24.0 Å². The topological polar surface area (TPSA) is 56.7 Å². The van der Waals surface area contributed by atoms with Crippen LogP contribution in [0.25, 0.3) is 0 Å². The lowest BCUT2D eigenvalue weighted by molar-refractivity contribution is -0.128. The fourth-order valence-corrected chi connectivity index (χ4v) is 3.96. The summed E-state index contributed by atoms with van der Waals surface area (Å²) in [4.78, 5) is 18.3. The maximum atomic E-state index is 11.9. The predicted molar refractivity (Wildman–Crippen MR) is 121 cm³/mol. The first-order chi connectivity index (χ1) is 12.7. The minimum absolute atomic E-state index is 0. The van der Waals surface area contributed by atoms with Gasteiger partial charge in [0.15, 0.2) is 5.96 Å². The first-order valence-electron chi connectivity index (χ1n) is 9.95. The van der Waals surface area contributed by atoms with Crippen LogP contribution in [0.4, 0.5) is 0 Å². The highest BCUT2D eigenvalue weighted by Gasteiger charge is 2.34. The van der Waals surface area contributed by atoms with Gasteiger partial charge in [-0.05, 0) is 42.2 Å². The zero-order chi connectivity index (χ0) is 18.4. The van der Waals surface area contributed by atoms with Gasteiger partial charge in [0, 0.05) is 39.6 Å². The van der Waals surface area contributed by atoms with E-state index in [0.717, 1.165) is 32.0 Å². The number of nitrogens with zero attached hydrogens (tertiary/aromatic N) is 2. The van der Waals surface area contributed by atoms with Gasteiger partial charge in [0.05, 0.1) is 0 Å². The molecule has 1 aliphatic heterocycles. The van der Waals surface area contributed by atoms with Crippen molar-refractivity contribution < 1.29 is 4.79 Å². The van der Waals surface area contributed by atoms with Crippen LogP contribution in [0.5, 0.6) is 0 Å². The van der Waals surface area contributed by atoms with Crippen molar-refractivity contribution in [1.82, 2.24) is 15.5 Å². The van der Waals surface area contributed by atoms with Crippen LogP contribution >= 0.6 is 24.0 Å². The molecule has 6 heteroatoms. The molecule has 0 aromatic heterocycles. The van der Waals surface area contributed by atoms with Crippen molar-refractivity contribution in [2.45, 2.75) is 58.5 Å². The first kappa shape index (κ1) is 22.0. The Hall–Kier alpha value is -1.31. The van der Waals surface area contributed by atoms with Crippen molar-refractivity contribution in [1.29, 1.82) is 0 Å². The van der Waals surface area contributed by atoms with E-state index in [1.165, 1.54) is 36.8 Å². The van der Waals surface area contributed by atoms with E-state index in [1.807, 2.05) is 18.0 Å². The van der Waals surface area contributed by atoms with E-state index in [-0.39, 0.29) is 29.9 Å². The molecule has 1 saturated carbocycles. The molecule has 1 amide bonds. The average molecular weight is 484 g/mol. The van der Waals surface area contributed by atoms with Crippen LogP contribution in [0.3, 0.4) is 0 Å². The molecule has 0 unspecified atom stereocenters. The third-order valence-electron chi connectivity index (χ3n) is 6.12. The van der Waals surface area contributed by atoms with E-state index in [0.29, 0.717) is 18.4 Å². The Bertz CT molecular complexity index is 652. The highest BCUT2D eigenvalue weighted by atomic mass is 127. The largest absolute Gasteiger partial charge is 0.356 e. The second kappa shape index (κ2) is 10.3. The van der Waals surface area contributed by atoms with Gasteiger partial charge in [0.1, 0.15) is 0 Å². The average Bonchev–Trinajstić information content (AvgIpc) is 3.03. The molecule has 2 aliphatic rings. The molecule has 1 aromatic carbocycles. The van der Waals surface area contributed by atoms with Gasteiger partial charge in [-0.25, -0.2) is 0 Å². The lowest BCUT2D eigenvalue weighted by Gasteiger charge is -2.41. The van der Waals surface area contributed by atoms with E-state index < -0.39 is 0 Å². The highest BCUT2D eigenvalue weighted by Crippen LogP contribution is 2.42. The summed E-state index contributed by atoms with van der Waals surface area (Å²) in [6.45, 7) is 5.58. The maximum absolute atomic E-state index is 11.9. The maximum Gasteiger partial charge on any atom is 0.222 e. The van der Waals surface area contributed by atoms with Gasteiger partial charge in [-0.3, -0.25) is 9.79 Å². The SMILES string of the molecule is CCC1(CNC(=NC)NCc2ccccc2CN2CCCC2=O)CCC1.I. The molecule has 2 N–H and O–H groups in total. The summed E-state index contributed by atoms with van der Waals surface area (Å²) in [5, 5.41) is 6.95. The molecule has 5 nitrogen and oxygen atoms in total. The van der Waals surface area contributed by atoms with Gasteiger partial charge >= 0.3 is 0 Å². The molecule has 1 aromatic rings. The van der Waals surface area contributed by atoms with Crippen molar-refractivity contribution in [3.63, 3.8) is 0 Å². The molecule has 0 atom stereocenters. The van der Waals surface area contributed by atoms with Crippen LogP contribution in [0.15, 0.2) is 29.3 Å². The van der Waals surface area contributed by atoms with Crippen LogP contribution in [-0.4, -0.2) is 36.9 Å². The van der Waals surface area contributed by atoms with Crippen molar-refractivity contribution in [3.8, 4) is 0 Å². The quantitative estimate of drug-likeness (QED) is 0.353.